The first-order valence-electron chi connectivity index (χ1n) is 4.64. The molecule has 1 aromatic carbocycles. The van der Waals surface area contributed by atoms with Gasteiger partial charge in [-0.15, -0.1) is 11.3 Å². The van der Waals surface area contributed by atoms with E-state index < -0.39 is 0 Å². The van der Waals surface area contributed by atoms with Gasteiger partial charge in [0.1, 0.15) is 4.34 Å². The van der Waals surface area contributed by atoms with E-state index in [2.05, 4.69) is 38.5 Å². The molecule has 1 heterocycles. The summed E-state index contributed by atoms with van der Waals surface area (Å²) in [4.78, 5) is 1.01. The molecule has 0 spiro atoms. The first-order chi connectivity index (χ1) is 7.99. The third-order valence-corrected chi connectivity index (χ3v) is 6.40. The quantitative estimate of drug-likeness (QED) is 0.588. The molecule has 0 aliphatic heterocycles. The maximum Gasteiger partial charge on any atom is 0.107 e. The van der Waals surface area contributed by atoms with Gasteiger partial charge in [-0.1, -0.05) is 29.3 Å². The minimum atomic E-state index is -0.196. The van der Waals surface area contributed by atoms with Gasteiger partial charge in [-0.3, -0.25) is 0 Å². The molecule has 0 radical (unpaired) electrons. The van der Waals surface area contributed by atoms with Crippen LogP contribution < -0.4 is 5.73 Å². The average molecular weight is 463 g/mol. The Kier molecular flexibility index (Phi) is 4.77. The van der Waals surface area contributed by atoms with E-state index in [1.807, 2.05) is 24.3 Å². The Balaban J connectivity index is 2.36. The zero-order valence-corrected chi connectivity index (χ0v) is 14.5. The molecule has 0 saturated carbocycles. The van der Waals surface area contributed by atoms with Crippen molar-refractivity contribution in [3.8, 4) is 0 Å². The van der Waals surface area contributed by atoms with E-state index in [0.29, 0.717) is 4.34 Å². The van der Waals surface area contributed by atoms with Crippen LogP contribution in [0.25, 0.3) is 0 Å². The Morgan fingerprint density at radius 2 is 2.00 bits per heavy atom. The van der Waals surface area contributed by atoms with Crippen molar-refractivity contribution in [2.75, 3.05) is 0 Å². The number of halogens is 4. The summed E-state index contributed by atoms with van der Waals surface area (Å²) in [7, 11) is 0. The van der Waals surface area contributed by atoms with Crippen LogP contribution in [0.3, 0.4) is 0 Å². The van der Waals surface area contributed by atoms with Gasteiger partial charge in [-0.2, -0.15) is 0 Å². The molecule has 6 heteroatoms. The van der Waals surface area contributed by atoms with Gasteiger partial charge in [-0.25, -0.2) is 0 Å². The standard InChI is InChI=1S/C11H7BrCl2INS/c12-6-4-9(17-11(6)14)10(16)5-1-2-8(15)7(13)3-5/h1-4,10H,16H2. The molecule has 1 nitrogen and oxygen atoms in total. The summed E-state index contributed by atoms with van der Waals surface area (Å²) in [5, 5.41) is 0.722. The van der Waals surface area contributed by atoms with Crippen molar-refractivity contribution in [3.63, 3.8) is 0 Å². The SMILES string of the molecule is NC(c1ccc(I)c(Cl)c1)c1cc(Br)c(Cl)s1. The second kappa shape index (κ2) is 5.75. The largest absolute Gasteiger partial charge is 0.320 e. The lowest BCUT2D eigenvalue weighted by Gasteiger charge is -2.10. The lowest BCUT2D eigenvalue weighted by Crippen LogP contribution is -2.10. The molecule has 1 atom stereocenters. The van der Waals surface area contributed by atoms with Crippen LogP contribution in [-0.2, 0) is 0 Å². The molecule has 0 aliphatic carbocycles. The minimum Gasteiger partial charge on any atom is -0.320 e. The highest BCUT2D eigenvalue weighted by Gasteiger charge is 2.14. The van der Waals surface area contributed by atoms with Crippen molar-refractivity contribution in [3.05, 3.63) is 52.1 Å². The zero-order valence-electron chi connectivity index (χ0n) is 8.38. The Bertz CT molecular complexity index is 539. The van der Waals surface area contributed by atoms with Crippen molar-refractivity contribution < 1.29 is 0 Å². The van der Waals surface area contributed by atoms with Gasteiger partial charge in [0, 0.05) is 12.9 Å². The maximum atomic E-state index is 6.19. The Hall–Kier alpha value is 0.670. The molecular weight excluding hydrogens is 456 g/mol. The molecule has 2 aromatic rings. The zero-order chi connectivity index (χ0) is 12.6. The van der Waals surface area contributed by atoms with Crippen LogP contribution in [0.1, 0.15) is 16.5 Å². The third kappa shape index (κ3) is 3.16. The second-order valence-corrected chi connectivity index (χ2v) is 7.53. The third-order valence-electron chi connectivity index (χ3n) is 2.27. The van der Waals surface area contributed by atoms with Crippen molar-refractivity contribution in [1.82, 2.24) is 0 Å². The van der Waals surface area contributed by atoms with Gasteiger partial charge in [0.25, 0.3) is 0 Å². The van der Waals surface area contributed by atoms with Crippen molar-refractivity contribution in [2.45, 2.75) is 6.04 Å². The molecule has 0 amide bonds. The topological polar surface area (TPSA) is 26.0 Å². The summed E-state index contributed by atoms with van der Waals surface area (Å²) >= 11 is 19.1. The van der Waals surface area contributed by atoms with Crippen LogP contribution in [0.4, 0.5) is 0 Å². The van der Waals surface area contributed by atoms with E-state index in [9.17, 15) is 0 Å². The van der Waals surface area contributed by atoms with Crippen LogP contribution in [-0.4, -0.2) is 0 Å². The van der Waals surface area contributed by atoms with Crippen LogP contribution in [0, 0.1) is 3.57 Å². The van der Waals surface area contributed by atoms with Crippen LogP contribution >= 0.6 is 73.1 Å². The summed E-state index contributed by atoms with van der Waals surface area (Å²) in [5.41, 5.74) is 7.17. The molecule has 1 aromatic heterocycles. The highest BCUT2D eigenvalue weighted by atomic mass is 127. The summed E-state index contributed by atoms with van der Waals surface area (Å²) in [6.45, 7) is 0. The van der Waals surface area contributed by atoms with Gasteiger partial charge in [-0.05, 0) is 62.3 Å². The molecule has 1 unspecified atom stereocenters. The average Bonchev–Trinajstić information content (AvgIpc) is 2.62. The molecule has 17 heavy (non-hydrogen) atoms. The predicted octanol–water partition coefficient (Wildman–Crippen LogP) is 5.47. The van der Waals surface area contributed by atoms with E-state index in [0.717, 1.165) is 23.5 Å². The van der Waals surface area contributed by atoms with Gasteiger partial charge in [0.05, 0.1) is 11.1 Å². The molecule has 90 valence electrons. The molecular formula is C11H7BrCl2INS. The number of benzene rings is 1. The number of thiophene rings is 1. The summed E-state index contributed by atoms with van der Waals surface area (Å²) in [5.74, 6) is 0. The van der Waals surface area contributed by atoms with Crippen LogP contribution in [0.15, 0.2) is 28.7 Å². The summed E-state index contributed by atoms with van der Waals surface area (Å²) < 4.78 is 2.61. The minimum absolute atomic E-state index is 0.196. The van der Waals surface area contributed by atoms with E-state index in [1.54, 1.807) is 0 Å². The smallest absolute Gasteiger partial charge is 0.107 e. The molecule has 0 saturated heterocycles. The lowest BCUT2D eigenvalue weighted by atomic mass is 10.1. The van der Waals surface area contributed by atoms with Crippen LogP contribution in [0.2, 0.25) is 9.36 Å². The fourth-order valence-corrected chi connectivity index (χ4v) is 3.68. The summed E-state index contributed by atoms with van der Waals surface area (Å²) in [6, 6.07) is 7.60. The first-order valence-corrected chi connectivity index (χ1v) is 8.08. The van der Waals surface area contributed by atoms with Crippen molar-refractivity contribution >= 4 is 73.1 Å². The highest BCUT2D eigenvalue weighted by molar-refractivity contribution is 14.1. The Morgan fingerprint density at radius 1 is 1.29 bits per heavy atom. The van der Waals surface area contributed by atoms with Crippen LogP contribution in [0.5, 0.6) is 0 Å². The number of hydrogen-bond acceptors (Lipinski definition) is 2. The fraction of sp³-hybridized carbons (Fsp3) is 0.0909. The molecule has 2 rings (SSSR count). The Labute approximate surface area is 136 Å². The van der Waals surface area contributed by atoms with Crippen molar-refractivity contribution in [2.24, 2.45) is 5.73 Å². The summed E-state index contributed by atoms with van der Waals surface area (Å²) in [6.07, 6.45) is 0. The molecule has 0 bridgehead atoms. The normalized spacial score (nSPS) is 12.8. The van der Waals surface area contributed by atoms with Gasteiger partial charge in [0.2, 0.25) is 0 Å². The first kappa shape index (κ1) is 14.1. The number of nitrogens with two attached hydrogens (primary N) is 1. The maximum absolute atomic E-state index is 6.19. The van der Waals surface area contributed by atoms with Crippen molar-refractivity contribution in [1.29, 1.82) is 0 Å². The number of hydrogen-bond donors (Lipinski definition) is 1. The second-order valence-electron chi connectivity index (χ2n) is 3.42. The highest BCUT2D eigenvalue weighted by Crippen LogP contribution is 2.37. The molecule has 0 aliphatic rings. The molecule has 2 N–H and O–H groups in total. The van der Waals surface area contributed by atoms with E-state index in [-0.39, 0.29) is 6.04 Å². The lowest BCUT2D eigenvalue weighted by molar-refractivity contribution is 0.892. The van der Waals surface area contributed by atoms with E-state index in [1.165, 1.54) is 11.3 Å². The monoisotopic (exact) mass is 461 g/mol. The fourth-order valence-electron chi connectivity index (χ4n) is 1.39. The number of rotatable bonds is 2. The van der Waals surface area contributed by atoms with Gasteiger partial charge < -0.3 is 5.73 Å². The molecule has 0 fully saturated rings. The predicted molar refractivity (Wildman–Crippen MR) is 87.2 cm³/mol. The van der Waals surface area contributed by atoms with E-state index in [4.69, 9.17) is 28.9 Å². The van der Waals surface area contributed by atoms with Gasteiger partial charge >= 0.3 is 0 Å². The van der Waals surface area contributed by atoms with Gasteiger partial charge in [0.15, 0.2) is 0 Å². The Morgan fingerprint density at radius 3 is 2.53 bits per heavy atom. The van der Waals surface area contributed by atoms with E-state index >= 15 is 0 Å².